The summed E-state index contributed by atoms with van der Waals surface area (Å²) in [5, 5.41) is 38.9. The monoisotopic (exact) mass is 223 g/mol. The molecule has 0 aliphatic rings. The summed E-state index contributed by atoms with van der Waals surface area (Å²) in [5.41, 5.74) is 7.17. The molecule has 0 aromatic rings. The Morgan fingerprint density at radius 3 is 2.50 bits per heavy atom. The molecule has 0 aromatic heterocycles. The van der Waals surface area contributed by atoms with Crippen LogP contribution in [0.3, 0.4) is 0 Å². The number of nitrogens with two attached hydrogens (primary N) is 1. The Kier molecular flexibility index (Phi) is 6.25. The van der Waals surface area contributed by atoms with Gasteiger partial charge in [0.15, 0.2) is 5.11 Å². The molecule has 0 unspecified atom stereocenters. The number of aliphatic hydroxyl groups excluding tert-OH is 4. The Morgan fingerprint density at radius 1 is 1.50 bits per heavy atom. The van der Waals surface area contributed by atoms with Crippen LogP contribution < -0.4 is 11.2 Å². The Bertz CT molecular complexity index is 213. The third kappa shape index (κ3) is 5.04. The molecule has 14 heavy (non-hydrogen) atoms. The molecule has 8 heteroatoms. The highest BCUT2D eigenvalue weighted by molar-refractivity contribution is 7.80. The lowest BCUT2D eigenvalue weighted by atomic mass is 10.1. The van der Waals surface area contributed by atoms with Crippen molar-refractivity contribution >= 4 is 23.5 Å². The van der Waals surface area contributed by atoms with Crippen molar-refractivity contribution in [3.63, 3.8) is 0 Å². The number of rotatable bonds is 5. The van der Waals surface area contributed by atoms with Crippen molar-refractivity contribution in [1.29, 1.82) is 0 Å². The van der Waals surface area contributed by atoms with Crippen molar-refractivity contribution in [1.82, 2.24) is 5.43 Å². The van der Waals surface area contributed by atoms with Crippen molar-refractivity contribution in [3.8, 4) is 0 Å². The lowest BCUT2D eigenvalue weighted by Gasteiger charge is -2.17. The zero-order valence-corrected chi connectivity index (χ0v) is 8.05. The fourth-order valence-electron chi connectivity index (χ4n) is 0.601. The van der Waals surface area contributed by atoms with Gasteiger partial charge in [-0.05, 0) is 12.2 Å². The minimum atomic E-state index is -1.52. The van der Waals surface area contributed by atoms with E-state index in [4.69, 9.17) is 26.2 Å². The topological polar surface area (TPSA) is 131 Å². The van der Waals surface area contributed by atoms with Gasteiger partial charge in [-0.15, -0.1) is 0 Å². The van der Waals surface area contributed by atoms with E-state index in [9.17, 15) is 0 Å². The van der Waals surface area contributed by atoms with Gasteiger partial charge in [0.25, 0.3) is 0 Å². The SMILES string of the molecule is NC(=S)N/N=C/[C@H](O)[C@H](O)[C@H](O)CO. The lowest BCUT2D eigenvalue weighted by Crippen LogP contribution is -2.40. The van der Waals surface area contributed by atoms with Crippen LogP contribution in [0.4, 0.5) is 0 Å². The van der Waals surface area contributed by atoms with Crippen molar-refractivity contribution in [2.24, 2.45) is 10.8 Å². The first kappa shape index (κ1) is 13.2. The average molecular weight is 223 g/mol. The first-order chi connectivity index (χ1) is 6.49. The van der Waals surface area contributed by atoms with E-state index in [1.54, 1.807) is 0 Å². The van der Waals surface area contributed by atoms with Crippen LogP contribution in [0.5, 0.6) is 0 Å². The summed E-state index contributed by atoms with van der Waals surface area (Å²) < 4.78 is 0. The van der Waals surface area contributed by atoms with Crippen LogP contribution in [-0.2, 0) is 0 Å². The van der Waals surface area contributed by atoms with E-state index >= 15 is 0 Å². The van der Waals surface area contributed by atoms with E-state index in [1.807, 2.05) is 0 Å². The van der Waals surface area contributed by atoms with Crippen molar-refractivity contribution in [2.45, 2.75) is 18.3 Å². The average Bonchev–Trinajstić information content (AvgIpc) is 2.14. The molecule has 82 valence electrons. The number of hydrazone groups is 1. The maximum atomic E-state index is 9.14. The van der Waals surface area contributed by atoms with Crippen molar-refractivity contribution < 1.29 is 20.4 Å². The molecule has 0 rings (SSSR count). The molecular formula is C6H13N3O4S. The van der Waals surface area contributed by atoms with Gasteiger partial charge in [-0.1, -0.05) is 0 Å². The van der Waals surface area contributed by atoms with Crippen LogP contribution in [0, 0.1) is 0 Å². The van der Waals surface area contributed by atoms with Crippen LogP contribution in [0.25, 0.3) is 0 Å². The smallest absolute Gasteiger partial charge is 0.184 e. The number of aliphatic hydroxyl groups is 4. The van der Waals surface area contributed by atoms with Gasteiger partial charge in [-0.2, -0.15) is 5.10 Å². The molecular weight excluding hydrogens is 210 g/mol. The van der Waals surface area contributed by atoms with Crippen molar-refractivity contribution in [3.05, 3.63) is 0 Å². The van der Waals surface area contributed by atoms with E-state index in [1.165, 1.54) is 0 Å². The maximum absolute atomic E-state index is 9.14. The maximum Gasteiger partial charge on any atom is 0.184 e. The number of nitrogens with zero attached hydrogens (tertiary/aromatic N) is 1. The zero-order chi connectivity index (χ0) is 11.1. The largest absolute Gasteiger partial charge is 0.394 e. The minimum Gasteiger partial charge on any atom is -0.394 e. The molecule has 0 saturated carbocycles. The quantitative estimate of drug-likeness (QED) is 0.165. The number of hydrogen-bond acceptors (Lipinski definition) is 6. The molecule has 0 saturated heterocycles. The number of hydrogen-bond donors (Lipinski definition) is 6. The number of nitrogens with one attached hydrogen (secondary N) is 1. The summed E-state index contributed by atoms with van der Waals surface area (Å²) in [6, 6.07) is 0. The molecule has 3 atom stereocenters. The summed E-state index contributed by atoms with van der Waals surface area (Å²) in [6.45, 7) is -0.658. The summed E-state index contributed by atoms with van der Waals surface area (Å²) in [6.07, 6.45) is -3.46. The second-order valence-electron chi connectivity index (χ2n) is 2.49. The molecule has 0 aliphatic heterocycles. The van der Waals surface area contributed by atoms with Gasteiger partial charge < -0.3 is 26.2 Å². The molecule has 0 amide bonds. The molecule has 0 spiro atoms. The van der Waals surface area contributed by atoms with E-state index in [0.29, 0.717) is 0 Å². The Labute approximate surface area is 85.9 Å². The fourth-order valence-corrected chi connectivity index (χ4v) is 0.654. The van der Waals surface area contributed by atoms with E-state index in [-0.39, 0.29) is 5.11 Å². The third-order valence-corrected chi connectivity index (χ3v) is 1.42. The van der Waals surface area contributed by atoms with Gasteiger partial charge in [0.05, 0.1) is 12.8 Å². The summed E-state index contributed by atoms with van der Waals surface area (Å²) >= 11 is 4.41. The second kappa shape index (κ2) is 6.62. The van der Waals surface area contributed by atoms with Gasteiger partial charge in [0.2, 0.25) is 0 Å². The Morgan fingerprint density at radius 2 is 2.07 bits per heavy atom. The molecule has 0 aromatic carbocycles. The van der Waals surface area contributed by atoms with Crippen LogP contribution in [-0.4, -0.2) is 56.7 Å². The summed E-state index contributed by atoms with van der Waals surface area (Å²) in [5.74, 6) is 0. The standard InChI is InChI=1S/C6H13N3O4S/c7-6(14)9-8-1-3(11)5(13)4(12)2-10/h1,3-5,10-13H,2H2,(H3,7,9,14)/b8-1+/t3-,4+,5-/m0/s1. The van der Waals surface area contributed by atoms with Crippen LogP contribution in [0.15, 0.2) is 5.10 Å². The minimum absolute atomic E-state index is 0.0920. The first-order valence-electron chi connectivity index (χ1n) is 3.72. The highest BCUT2D eigenvalue weighted by Gasteiger charge is 2.22. The highest BCUT2D eigenvalue weighted by atomic mass is 32.1. The van der Waals surface area contributed by atoms with Gasteiger partial charge in [-0.25, -0.2) is 0 Å². The summed E-state index contributed by atoms with van der Waals surface area (Å²) in [7, 11) is 0. The highest BCUT2D eigenvalue weighted by Crippen LogP contribution is 1.97. The van der Waals surface area contributed by atoms with E-state index in [2.05, 4.69) is 22.7 Å². The van der Waals surface area contributed by atoms with Crippen LogP contribution in [0.1, 0.15) is 0 Å². The third-order valence-electron chi connectivity index (χ3n) is 1.33. The molecule has 7 N–H and O–H groups in total. The number of thiocarbonyl (C=S) groups is 1. The van der Waals surface area contributed by atoms with Crippen molar-refractivity contribution in [2.75, 3.05) is 6.61 Å². The predicted octanol–water partition coefficient (Wildman–Crippen LogP) is -3.12. The predicted molar refractivity (Wildman–Crippen MR) is 53.5 cm³/mol. The van der Waals surface area contributed by atoms with Gasteiger partial charge in [0, 0.05) is 0 Å². The zero-order valence-electron chi connectivity index (χ0n) is 7.24. The van der Waals surface area contributed by atoms with E-state index < -0.39 is 24.9 Å². The van der Waals surface area contributed by atoms with Gasteiger partial charge >= 0.3 is 0 Å². The Balaban J connectivity index is 3.99. The molecule has 7 nitrogen and oxygen atoms in total. The molecule has 0 bridgehead atoms. The van der Waals surface area contributed by atoms with Gasteiger partial charge in [0.1, 0.15) is 18.3 Å². The molecule has 0 heterocycles. The second-order valence-corrected chi connectivity index (χ2v) is 2.93. The van der Waals surface area contributed by atoms with E-state index in [0.717, 1.165) is 6.21 Å². The molecule has 0 aliphatic carbocycles. The lowest BCUT2D eigenvalue weighted by molar-refractivity contribution is -0.0542. The normalized spacial score (nSPS) is 17.7. The van der Waals surface area contributed by atoms with Gasteiger partial charge in [-0.3, -0.25) is 5.43 Å². The molecule has 0 radical (unpaired) electrons. The fraction of sp³-hybridized carbons (Fsp3) is 0.667. The van der Waals surface area contributed by atoms with Crippen LogP contribution in [0.2, 0.25) is 0 Å². The van der Waals surface area contributed by atoms with Crippen LogP contribution >= 0.6 is 12.2 Å². The first-order valence-corrected chi connectivity index (χ1v) is 4.13. The molecule has 0 fully saturated rings. The Hall–Kier alpha value is -0.800. The summed E-state index contributed by atoms with van der Waals surface area (Å²) in [4.78, 5) is 0.